The van der Waals surface area contributed by atoms with Crippen molar-refractivity contribution < 1.29 is 14.3 Å². The molecule has 4 nitrogen and oxygen atoms in total. The SMILES string of the molecule is CCOc1ccc(C(=O)N2C3C=CCC2CC3)cc1OCC. The van der Waals surface area contributed by atoms with E-state index in [4.69, 9.17) is 9.47 Å². The van der Waals surface area contributed by atoms with Crippen LogP contribution in [0.2, 0.25) is 0 Å². The maximum absolute atomic E-state index is 12.9. The van der Waals surface area contributed by atoms with E-state index >= 15 is 0 Å². The molecule has 2 aliphatic rings. The largest absolute Gasteiger partial charge is 0.490 e. The molecule has 1 amide bonds. The molecule has 3 rings (SSSR count). The summed E-state index contributed by atoms with van der Waals surface area (Å²) in [6.45, 7) is 5.00. The normalized spacial score (nSPS) is 22.7. The molecule has 0 spiro atoms. The minimum Gasteiger partial charge on any atom is -0.490 e. The molecule has 1 saturated heterocycles. The Hall–Kier alpha value is -1.97. The summed E-state index contributed by atoms with van der Waals surface area (Å²) in [5.74, 6) is 1.44. The van der Waals surface area contributed by atoms with Crippen molar-refractivity contribution in [1.82, 2.24) is 4.90 Å². The van der Waals surface area contributed by atoms with E-state index < -0.39 is 0 Å². The van der Waals surface area contributed by atoms with E-state index in [-0.39, 0.29) is 11.9 Å². The number of carbonyl (C=O) groups excluding carboxylic acids is 1. The van der Waals surface area contributed by atoms with Gasteiger partial charge in [-0.3, -0.25) is 4.79 Å². The Kier molecular flexibility index (Phi) is 4.36. The lowest BCUT2D eigenvalue weighted by Crippen LogP contribution is -2.42. The lowest BCUT2D eigenvalue weighted by molar-refractivity contribution is 0.0688. The van der Waals surface area contributed by atoms with Crippen LogP contribution in [0.4, 0.5) is 0 Å². The number of hydrogen-bond donors (Lipinski definition) is 0. The Morgan fingerprint density at radius 3 is 2.68 bits per heavy atom. The molecule has 1 aromatic rings. The van der Waals surface area contributed by atoms with Crippen molar-refractivity contribution in [1.29, 1.82) is 0 Å². The fourth-order valence-electron chi connectivity index (χ4n) is 3.37. The van der Waals surface area contributed by atoms with Gasteiger partial charge in [-0.15, -0.1) is 0 Å². The number of carbonyl (C=O) groups is 1. The average Bonchev–Trinajstić information content (AvgIpc) is 2.77. The first-order chi connectivity index (χ1) is 10.7. The van der Waals surface area contributed by atoms with Crippen molar-refractivity contribution in [3.8, 4) is 11.5 Å². The van der Waals surface area contributed by atoms with Crippen LogP contribution in [0.5, 0.6) is 11.5 Å². The molecule has 0 saturated carbocycles. The number of ether oxygens (including phenoxy) is 2. The van der Waals surface area contributed by atoms with Gasteiger partial charge in [-0.25, -0.2) is 0 Å². The fourth-order valence-corrected chi connectivity index (χ4v) is 3.37. The lowest BCUT2D eigenvalue weighted by atomic mass is 10.1. The zero-order valence-corrected chi connectivity index (χ0v) is 13.2. The van der Waals surface area contributed by atoms with E-state index in [9.17, 15) is 4.79 Å². The number of fused-ring (bicyclic) bond motifs is 2. The van der Waals surface area contributed by atoms with Crippen molar-refractivity contribution in [2.24, 2.45) is 0 Å². The second kappa shape index (κ2) is 6.42. The molecule has 2 bridgehead atoms. The molecule has 2 aliphatic heterocycles. The predicted octanol–water partition coefficient (Wildman–Crippen LogP) is 3.42. The molecule has 0 aromatic heterocycles. The van der Waals surface area contributed by atoms with E-state index in [1.165, 1.54) is 0 Å². The van der Waals surface area contributed by atoms with Crippen LogP contribution in [0.1, 0.15) is 43.5 Å². The van der Waals surface area contributed by atoms with Crippen molar-refractivity contribution in [3.05, 3.63) is 35.9 Å². The molecule has 4 heteroatoms. The number of amides is 1. The summed E-state index contributed by atoms with van der Waals surface area (Å²) < 4.78 is 11.2. The van der Waals surface area contributed by atoms with Crippen molar-refractivity contribution in [2.75, 3.05) is 13.2 Å². The monoisotopic (exact) mass is 301 g/mol. The van der Waals surface area contributed by atoms with Crippen LogP contribution in [0.3, 0.4) is 0 Å². The molecule has 0 aliphatic carbocycles. The highest BCUT2D eigenvalue weighted by Gasteiger charge is 2.37. The summed E-state index contributed by atoms with van der Waals surface area (Å²) in [5.41, 5.74) is 0.680. The van der Waals surface area contributed by atoms with Crippen LogP contribution in [0.25, 0.3) is 0 Å². The van der Waals surface area contributed by atoms with Gasteiger partial charge < -0.3 is 14.4 Å². The molecule has 118 valence electrons. The smallest absolute Gasteiger partial charge is 0.254 e. The average molecular weight is 301 g/mol. The molecule has 0 N–H and O–H groups in total. The number of benzene rings is 1. The van der Waals surface area contributed by atoms with E-state index in [2.05, 4.69) is 12.2 Å². The zero-order chi connectivity index (χ0) is 15.5. The van der Waals surface area contributed by atoms with E-state index in [0.29, 0.717) is 36.3 Å². The summed E-state index contributed by atoms with van der Waals surface area (Å²) in [7, 11) is 0. The molecule has 2 heterocycles. The van der Waals surface area contributed by atoms with E-state index in [0.717, 1.165) is 19.3 Å². The molecule has 22 heavy (non-hydrogen) atoms. The highest BCUT2D eigenvalue weighted by Crippen LogP contribution is 2.34. The number of nitrogens with zero attached hydrogens (tertiary/aromatic N) is 1. The molecule has 2 unspecified atom stereocenters. The van der Waals surface area contributed by atoms with E-state index in [1.807, 2.05) is 36.9 Å². The third-order valence-electron chi connectivity index (χ3n) is 4.34. The minimum absolute atomic E-state index is 0.0980. The van der Waals surface area contributed by atoms with Crippen LogP contribution in [-0.4, -0.2) is 36.1 Å². The van der Waals surface area contributed by atoms with Gasteiger partial charge in [0.05, 0.1) is 19.3 Å². The summed E-state index contributed by atoms with van der Waals surface area (Å²) in [6.07, 6.45) is 7.51. The van der Waals surface area contributed by atoms with Crippen molar-refractivity contribution in [3.63, 3.8) is 0 Å². The van der Waals surface area contributed by atoms with Crippen LogP contribution >= 0.6 is 0 Å². The number of hydrogen-bond acceptors (Lipinski definition) is 3. The van der Waals surface area contributed by atoms with Gasteiger partial charge in [-0.2, -0.15) is 0 Å². The van der Waals surface area contributed by atoms with Crippen molar-refractivity contribution >= 4 is 5.91 Å². The molecule has 2 atom stereocenters. The summed E-state index contributed by atoms with van der Waals surface area (Å²) in [6, 6.07) is 6.10. The molecule has 0 radical (unpaired) electrons. The van der Waals surface area contributed by atoms with Gasteiger partial charge in [-0.1, -0.05) is 12.2 Å². The van der Waals surface area contributed by atoms with Gasteiger partial charge in [0.25, 0.3) is 5.91 Å². The first kappa shape index (κ1) is 14.9. The summed E-state index contributed by atoms with van der Waals surface area (Å²) in [4.78, 5) is 14.9. The maximum atomic E-state index is 12.9. The van der Waals surface area contributed by atoms with Gasteiger partial charge in [0.15, 0.2) is 11.5 Å². The second-order valence-electron chi connectivity index (χ2n) is 5.70. The summed E-state index contributed by atoms with van der Waals surface area (Å²) in [5, 5.41) is 0. The highest BCUT2D eigenvalue weighted by atomic mass is 16.5. The molecular formula is C18H23NO3. The Morgan fingerprint density at radius 2 is 1.95 bits per heavy atom. The van der Waals surface area contributed by atoms with Gasteiger partial charge in [0, 0.05) is 11.6 Å². The Labute approximate surface area is 131 Å². The Balaban J connectivity index is 1.86. The topological polar surface area (TPSA) is 38.8 Å². The van der Waals surface area contributed by atoms with Crippen LogP contribution in [0.15, 0.2) is 30.4 Å². The van der Waals surface area contributed by atoms with Crippen LogP contribution in [0, 0.1) is 0 Å². The lowest BCUT2D eigenvalue weighted by Gasteiger charge is -2.31. The minimum atomic E-state index is 0.0980. The third-order valence-corrected chi connectivity index (χ3v) is 4.34. The standard InChI is InChI=1S/C18H23NO3/c1-3-21-16-11-8-13(12-17(16)22-4-2)18(20)19-14-6-5-7-15(19)10-9-14/h5-6,8,11-12,14-15H,3-4,7,9-10H2,1-2H3. The second-order valence-corrected chi connectivity index (χ2v) is 5.70. The van der Waals surface area contributed by atoms with Gasteiger partial charge >= 0.3 is 0 Å². The maximum Gasteiger partial charge on any atom is 0.254 e. The fraction of sp³-hybridized carbons (Fsp3) is 0.500. The molecular weight excluding hydrogens is 278 g/mol. The van der Waals surface area contributed by atoms with E-state index in [1.54, 1.807) is 0 Å². The summed E-state index contributed by atoms with van der Waals surface area (Å²) >= 11 is 0. The van der Waals surface area contributed by atoms with Gasteiger partial charge in [-0.05, 0) is 51.3 Å². The molecule has 1 aromatic carbocycles. The van der Waals surface area contributed by atoms with Crippen LogP contribution < -0.4 is 9.47 Å². The zero-order valence-electron chi connectivity index (χ0n) is 13.2. The molecule has 1 fully saturated rings. The number of rotatable bonds is 5. The van der Waals surface area contributed by atoms with Gasteiger partial charge in [0.1, 0.15) is 0 Å². The Morgan fingerprint density at radius 1 is 1.18 bits per heavy atom. The quantitative estimate of drug-likeness (QED) is 0.782. The third kappa shape index (κ3) is 2.70. The first-order valence-corrected chi connectivity index (χ1v) is 8.13. The first-order valence-electron chi connectivity index (χ1n) is 8.13. The van der Waals surface area contributed by atoms with Gasteiger partial charge in [0.2, 0.25) is 0 Å². The predicted molar refractivity (Wildman–Crippen MR) is 85.5 cm³/mol. The van der Waals surface area contributed by atoms with Crippen LogP contribution in [-0.2, 0) is 0 Å². The highest BCUT2D eigenvalue weighted by molar-refractivity contribution is 5.95. The Bertz CT molecular complexity index is 582. The van der Waals surface area contributed by atoms with Crippen molar-refractivity contribution in [2.45, 2.75) is 45.2 Å².